The van der Waals surface area contributed by atoms with Crippen LogP contribution in [0.5, 0.6) is 0 Å². The average molecular weight is 304 g/mol. The van der Waals surface area contributed by atoms with E-state index < -0.39 is 5.97 Å². The van der Waals surface area contributed by atoms with Gasteiger partial charge in [0.05, 0.1) is 11.1 Å². The second-order valence-corrected chi connectivity index (χ2v) is 7.09. The molecule has 21 heavy (non-hydrogen) atoms. The Kier molecular flexibility index (Phi) is 3.69. The van der Waals surface area contributed by atoms with Crippen LogP contribution in [0.15, 0.2) is 18.2 Å². The van der Waals surface area contributed by atoms with Gasteiger partial charge in [-0.05, 0) is 38.2 Å². The number of nitrogens with zero attached hydrogens (tertiary/aromatic N) is 2. The summed E-state index contributed by atoms with van der Waals surface area (Å²) in [6.45, 7) is 2.88. The summed E-state index contributed by atoms with van der Waals surface area (Å²) in [5, 5.41) is 9.31. The smallest absolute Gasteiger partial charge is 0.337 e. The number of aryl methyl sites for hydroxylation is 1. The number of hydrogen-bond acceptors (Lipinski definition) is 3. The minimum Gasteiger partial charge on any atom is -0.478 e. The number of fused-ring (bicyclic) bond motifs is 1. The van der Waals surface area contributed by atoms with Gasteiger partial charge in [0.25, 0.3) is 0 Å². The van der Waals surface area contributed by atoms with E-state index in [-0.39, 0.29) is 4.75 Å². The summed E-state index contributed by atoms with van der Waals surface area (Å²) in [6, 6.07) is 5.41. The fourth-order valence-corrected chi connectivity index (χ4v) is 4.32. The maximum Gasteiger partial charge on any atom is 0.337 e. The summed E-state index contributed by atoms with van der Waals surface area (Å²) < 4.78 is 2.47. The van der Waals surface area contributed by atoms with Crippen molar-refractivity contribution in [2.24, 2.45) is 0 Å². The molecule has 3 rings (SSSR count). The van der Waals surface area contributed by atoms with Crippen LogP contribution in [0, 0.1) is 6.92 Å². The lowest BCUT2D eigenvalue weighted by molar-refractivity contribution is 0.0699. The van der Waals surface area contributed by atoms with Crippen LogP contribution in [0.3, 0.4) is 0 Å². The summed E-state index contributed by atoms with van der Waals surface area (Å²) >= 11 is 1.94. The third-order valence-corrected chi connectivity index (χ3v) is 6.00. The molecule has 1 heterocycles. The Bertz CT molecular complexity index is 687. The number of rotatable bonds is 4. The predicted molar refractivity (Wildman–Crippen MR) is 86.1 cm³/mol. The number of aromatic nitrogens is 2. The zero-order valence-corrected chi connectivity index (χ0v) is 13.2. The lowest BCUT2D eigenvalue weighted by atomic mass is 10.1. The van der Waals surface area contributed by atoms with Gasteiger partial charge in [-0.25, -0.2) is 9.78 Å². The Labute approximate surface area is 128 Å². The fraction of sp³-hybridized carbons (Fsp3) is 0.500. The second-order valence-electron chi connectivity index (χ2n) is 5.82. The van der Waals surface area contributed by atoms with Gasteiger partial charge in [-0.1, -0.05) is 18.9 Å². The molecule has 1 N–H and O–H groups in total. The van der Waals surface area contributed by atoms with Crippen molar-refractivity contribution in [2.45, 2.75) is 43.9 Å². The van der Waals surface area contributed by atoms with Crippen molar-refractivity contribution >= 4 is 28.8 Å². The van der Waals surface area contributed by atoms with Crippen molar-refractivity contribution in [3.63, 3.8) is 0 Å². The first-order valence-electron chi connectivity index (χ1n) is 7.31. The number of hydrogen-bond donors (Lipinski definition) is 1. The molecule has 1 aromatic heterocycles. The standard InChI is InChI=1S/C16H20N2O2S/c1-11-17-14-12(15(19)20)6-5-7-13(14)18(11)10-16(21-2)8-3-4-9-16/h5-7H,3-4,8-10H2,1-2H3,(H,19,20). The first-order chi connectivity index (χ1) is 10.1. The summed E-state index contributed by atoms with van der Waals surface area (Å²) in [4.78, 5) is 15.9. The number of carbonyl (C=O) groups is 1. The van der Waals surface area contributed by atoms with Crippen LogP contribution < -0.4 is 0 Å². The molecule has 112 valence electrons. The van der Waals surface area contributed by atoms with E-state index in [1.54, 1.807) is 6.07 Å². The lowest BCUT2D eigenvalue weighted by Gasteiger charge is -2.28. The Balaban J connectivity index is 2.09. The molecule has 5 heteroatoms. The maximum absolute atomic E-state index is 11.3. The van der Waals surface area contributed by atoms with Crippen LogP contribution in [0.25, 0.3) is 11.0 Å². The van der Waals surface area contributed by atoms with Crippen LogP contribution in [0.4, 0.5) is 0 Å². The molecule has 1 aliphatic rings. The van der Waals surface area contributed by atoms with E-state index >= 15 is 0 Å². The van der Waals surface area contributed by atoms with Gasteiger partial charge in [-0.2, -0.15) is 11.8 Å². The predicted octanol–water partition coefficient (Wildman–Crippen LogP) is 3.72. The molecule has 1 saturated carbocycles. The van der Waals surface area contributed by atoms with Crippen molar-refractivity contribution < 1.29 is 9.90 Å². The van der Waals surface area contributed by atoms with Gasteiger partial charge < -0.3 is 9.67 Å². The number of benzene rings is 1. The van der Waals surface area contributed by atoms with E-state index in [0.717, 1.165) is 17.9 Å². The average Bonchev–Trinajstić information content (AvgIpc) is 3.05. The Morgan fingerprint density at radius 1 is 1.43 bits per heavy atom. The van der Waals surface area contributed by atoms with Gasteiger partial charge in [-0.3, -0.25) is 0 Å². The highest BCUT2D eigenvalue weighted by molar-refractivity contribution is 8.00. The molecule has 0 unspecified atom stereocenters. The van der Waals surface area contributed by atoms with Crippen LogP contribution in [0.1, 0.15) is 41.9 Å². The van der Waals surface area contributed by atoms with E-state index in [4.69, 9.17) is 0 Å². The second kappa shape index (κ2) is 5.37. The molecule has 0 spiro atoms. The molecular weight excluding hydrogens is 284 g/mol. The third-order valence-electron chi connectivity index (χ3n) is 4.59. The Hall–Kier alpha value is -1.49. The van der Waals surface area contributed by atoms with Crippen molar-refractivity contribution in [1.29, 1.82) is 0 Å². The van der Waals surface area contributed by atoms with E-state index in [1.165, 1.54) is 25.7 Å². The van der Waals surface area contributed by atoms with Crippen molar-refractivity contribution in [2.75, 3.05) is 6.26 Å². The van der Waals surface area contributed by atoms with Crippen molar-refractivity contribution in [3.8, 4) is 0 Å². The van der Waals surface area contributed by atoms with Crippen molar-refractivity contribution in [3.05, 3.63) is 29.6 Å². The van der Waals surface area contributed by atoms with Gasteiger partial charge in [0.2, 0.25) is 0 Å². The van der Waals surface area contributed by atoms with Gasteiger partial charge in [0, 0.05) is 11.3 Å². The Morgan fingerprint density at radius 2 is 2.14 bits per heavy atom. The summed E-state index contributed by atoms with van der Waals surface area (Å²) in [5.74, 6) is -0.00952. The van der Waals surface area contributed by atoms with E-state index in [9.17, 15) is 9.90 Å². The van der Waals surface area contributed by atoms with Crippen LogP contribution >= 0.6 is 11.8 Å². The molecule has 4 nitrogen and oxygen atoms in total. The lowest BCUT2D eigenvalue weighted by Crippen LogP contribution is -2.27. The zero-order chi connectivity index (χ0) is 15.0. The van der Waals surface area contributed by atoms with Crippen LogP contribution in [-0.4, -0.2) is 31.6 Å². The summed E-state index contributed by atoms with van der Waals surface area (Å²) in [7, 11) is 0. The summed E-state index contributed by atoms with van der Waals surface area (Å²) in [6.07, 6.45) is 7.21. The fourth-order valence-electron chi connectivity index (χ4n) is 3.37. The highest BCUT2D eigenvalue weighted by atomic mass is 32.2. The number of carboxylic acid groups (broad SMARTS) is 1. The molecule has 0 radical (unpaired) electrons. The first kappa shape index (κ1) is 14.4. The molecule has 1 aromatic carbocycles. The highest BCUT2D eigenvalue weighted by Crippen LogP contribution is 2.42. The van der Waals surface area contributed by atoms with Crippen LogP contribution in [0.2, 0.25) is 0 Å². The molecule has 2 aromatic rings. The molecule has 0 bridgehead atoms. The first-order valence-corrected chi connectivity index (χ1v) is 8.53. The molecule has 0 saturated heterocycles. The number of thioether (sulfide) groups is 1. The molecule has 1 fully saturated rings. The third kappa shape index (κ3) is 2.44. The number of para-hydroxylation sites is 1. The molecule has 0 amide bonds. The Morgan fingerprint density at radius 3 is 2.76 bits per heavy atom. The monoisotopic (exact) mass is 304 g/mol. The van der Waals surface area contributed by atoms with Gasteiger partial charge >= 0.3 is 5.97 Å². The zero-order valence-electron chi connectivity index (χ0n) is 12.4. The number of aromatic carboxylic acids is 1. The van der Waals surface area contributed by atoms with Gasteiger partial charge in [-0.15, -0.1) is 0 Å². The van der Waals surface area contributed by atoms with Gasteiger partial charge in [0.1, 0.15) is 11.3 Å². The molecule has 0 atom stereocenters. The minimum absolute atomic E-state index is 0.275. The SMILES string of the molecule is CSC1(Cn2c(C)nc3c(C(=O)O)cccc32)CCCC1. The summed E-state index contributed by atoms with van der Waals surface area (Å²) in [5.41, 5.74) is 1.84. The normalized spacial score (nSPS) is 17.4. The highest BCUT2D eigenvalue weighted by Gasteiger charge is 2.34. The quantitative estimate of drug-likeness (QED) is 0.935. The van der Waals surface area contributed by atoms with E-state index in [2.05, 4.69) is 15.8 Å². The maximum atomic E-state index is 11.3. The van der Waals surface area contributed by atoms with E-state index in [1.807, 2.05) is 30.8 Å². The van der Waals surface area contributed by atoms with Crippen LogP contribution in [-0.2, 0) is 6.54 Å². The number of imidazole rings is 1. The minimum atomic E-state index is -0.911. The topological polar surface area (TPSA) is 55.1 Å². The molecule has 0 aliphatic heterocycles. The van der Waals surface area contributed by atoms with Crippen molar-refractivity contribution in [1.82, 2.24) is 9.55 Å². The van der Waals surface area contributed by atoms with Gasteiger partial charge in [0.15, 0.2) is 0 Å². The molecule has 1 aliphatic carbocycles. The van der Waals surface area contributed by atoms with E-state index in [0.29, 0.717) is 11.1 Å². The number of carboxylic acids is 1. The largest absolute Gasteiger partial charge is 0.478 e. The molecular formula is C16H20N2O2S.